The maximum Gasteiger partial charge on any atom is 0.327 e. The molecule has 0 heterocycles. The molecule has 0 fully saturated rings. The quantitative estimate of drug-likeness (QED) is 0.727. The monoisotopic (exact) mass is 195 g/mol. The van der Waals surface area contributed by atoms with E-state index in [1.807, 2.05) is 0 Å². The summed E-state index contributed by atoms with van der Waals surface area (Å²) in [5.41, 5.74) is 6.32. The van der Waals surface area contributed by atoms with Crippen LogP contribution in [0, 0.1) is 0 Å². The minimum atomic E-state index is -0.755. The molecule has 14 heavy (non-hydrogen) atoms. The van der Waals surface area contributed by atoms with E-state index in [-0.39, 0.29) is 0 Å². The summed E-state index contributed by atoms with van der Waals surface area (Å²) in [7, 11) is 2.87. The van der Waals surface area contributed by atoms with Crippen molar-refractivity contribution in [3.8, 4) is 5.75 Å². The first-order valence-electron chi connectivity index (χ1n) is 4.16. The van der Waals surface area contributed by atoms with E-state index < -0.39 is 12.0 Å². The van der Waals surface area contributed by atoms with Gasteiger partial charge < -0.3 is 15.2 Å². The predicted octanol–water partition coefficient (Wildman–Crippen LogP) is 0.868. The summed E-state index contributed by atoms with van der Waals surface area (Å²) in [4.78, 5) is 11.1. The summed E-state index contributed by atoms with van der Waals surface area (Å²) >= 11 is 0. The number of ether oxygens (including phenoxy) is 2. The van der Waals surface area contributed by atoms with Crippen LogP contribution in [0.1, 0.15) is 11.6 Å². The van der Waals surface area contributed by atoms with Gasteiger partial charge in [0, 0.05) is 0 Å². The van der Waals surface area contributed by atoms with Crippen LogP contribution >= 0.6 is 0 Å². The van der Waals surface area contributed by atoms with E-state index in [1.165, 1.54) is 7.11 Å². The standard InChI is InChI=1S/C10H13NO3/c1-13-8-5-3-4-7(6-8)9(11)10(12)14-2/h3-6,9H,11H2,1-2H3/t9-/m0/s1. The van der Waals surface area contributed by atoms with Crippen LogP contribution in [0.4, 0.5) is 0 Å². The molecule has 1 atom stereocenters. The number of methoxy groups -OCH3 is 2. The van der Waals surface area contributed by atoms with Crippen molar-refractivity contribution in [1.82, 2.24) is 0 Å². The molecule has 0 saturated heterocycles. The molecular formula is C10H13NO3. The van der Waals surface area contributed by atoms with Crippen LogP contribution in [-0.4, -0.2) is 20.2 Å². The molecule has 0 radical (unpaired) electrons. The van der Waals surface area contributed by atoms with Gasteiger partial charge in [-0.15, -0.1) is 0 Å². The van der Waals surface area contributed by atoms with Gasteiger partial charge in [0.15, 0.2) is 0 Å². The van der Waals surface area contributed by atoms with Crippen LogP contribution in [0.25, 0.3) is 0 Å². The number of benzene rings is 1. The van der Waals surface area contributed by atoms with Gasteiger partial charge in [0.25, 0.3) is 0 Å². The van der Waals surface area contributed by atoms with Crippen molar-refractivity contribution in [2.75, 3.05) is 14.2 Å². The Bertz CT molecular complexity index is 325. The summed E-state index contributed by atoms with van der Waals surface area (Å²) in [6.45, 7) is 0. The number of hydrogen-bond acceptors (Lipinski definition) is 4. The van der Waals surface area contributed by atoms with Crippen LogP contribution in [0.15, 0.2) is 24.3 Å². The summed E-state index contributed by atoms with van der Waals surface area (Å²) < 4.78 is 9.55. The van der Waals surface area contributed by atoms with Crippen molar-refractivity contribution < 1.29 is 14.3 Å². The van der Waals surface area contributed by atoms with E-state index >= 15 is 0 Å². The second-order valence-electron chi connectivity index (χ2n) is 2.78. The molecule has 1 aromatic rings. The number of hydrogen-bond donors (Lipinski definition) is 1. The van der Waals surface area contributed by atoms with Crippen molar-refractivity contribution in [1.29, 1.82) is 0 Å². The van der Waals surface area contributed by atoms with Gasteiger partial charge in [0.05, 0.1) is 14.2 Å². The third-order valence-corrected chi connectivity index (χ3v) is 1.91. The molecule has 76 valence electrons. The molecule has 0 aromatic heterocycles. The van der Waals surface area contributed by atoms with Crippen molar-refractivity contribution >= 4 is 5.97 Å². The average Bonchev–Trinajstić information content (AvgIpc) is 2.27. The molecule has 2 N–H and O–H groups in total. The topological polar surface area (TPSA) is 61.5 Å². The lowest BCUT2D eigenvalue weighted by Crippen LogP contribution is -2.22. The zero-order chi connectivity index (χ0) is 10.6. The molecule has 0 aliphatic rings. The second kappa shape index (κ2) is 4.62. The van der Waals surface area contributed by atoms with Crippen LogP contribution in [0.5, 0.6) is 5.75 Å². The van der Waals surface area contributed by atoms with Gasteiger partial charge in [-0.1, -0.05) is 12.1 Å². The van der Waals surface area contributed by atoms with Crippen molar-refractivity contribution in [3.63, 3.8) is 0 Å². The minimum absolute atomic E-state index is 0.460. The number of carbonyl (C=O) groups excluding carboxylic acids is 1. The smallest absolute Gasteiger partial charge is 0.327 e. The Labute approximate surface area is 82.6 Å². The molecule has 0 aliphatic heterocycles. The molecule has 0 amide bonds. The van der Waals surface area contributed by atoms with Crippen LogP contribution in [0.2, 0.25) is 0 Å². The fourth-order valence-corrected chi connectivity index (χ4v) is 1.10. The Hall–Kier alpha value is -1.55. The number of rotatable bonds is 3. The Morgan fingerprint density at radius 2 is 2.14 bits per heavy atom. The van der Waals surface area contributed by atoms with Gasteiger partial charge in [-0.25, -0.2) is 0 Å². The summed E-state index contributed by atoms with van der Waals surface area (Å²) in [5, 5.41) is 0. The largest absolute Gasteiger partial charge is 0.497 e. The van der Waals surface area contributed by atoms with Gasteiger partial charge in [-0.2, -0.15) is 0 Å². The molecule has 0 aliphatic carbocycles. The van der Waals surface area contributed by atoms with E-state index in [0.717, 1.165) is 0 Å². The van der Waals surface area contributed by atoms with Gasteiger partial charge in [-0.05, 0) is 17.7 Å². The van der Waals surface area contributed by atoms with Crippen LogP contribution in [0.3, 0.4) is 0 Å². The van der Waals surface area contributed by atoms with Crippen molar-refractivity contribution in [3.05, 3.63) is 29.8 Å². The maximum absolute atomic E-state index is 11.1. The molecule has 1 aromatic carbocycles. The fourth-order valence-electron chi connectivity index (χ4n) is 1.10. The second-order valence-corrected chi connectivity index (χ2v) is 2.78. The normalized spacial score (nSPS) is 11.9. The highest BCUT2D eigenvalue weighted by Crippen LogP contribution is 2.18. The molecule has 4 nitrogen and oxygen atoms in total. The molecule has 4 heteroatoms. The lowest BCUT2D eigenvalue weighted by Gasteiger charge is -2.10. The van der Waals surface area contributed by atoms with Gasteiger partial charge in [-0.3, -0.25) is 4.79 Å². The molecule has 0 spiro atoms. The van der Waals surface area contributed by atoms with Gasteiger partial charge >= 0.3 is 5.97 Å². The van der Waals surface area contributed by atoms with Gasteiger partial charge in [0.1, 0.15) is 11.8 Å². The molecule has 1 rings (SSSR count). The highest BCUT2D eigenvalue weighted by Gasteiger charge is 2.16. The maximum atomic E-state index is 11.1. The molecular weight excluding hydrogens is 182 g/mol. The fraction of sp³-hybridized carbons (Fsp3) is 0.300. The van der Waals surface area contributed by atoms with E-state index in [4.69, 9.17) is 10.5 Å². The Morgan fingerprint density at radius 3 is 2.71 bits per heavy atom. The van der Waals surface area contributed by atoms with Crippen molar-refractivity contribution in [2.24, 2.45) is 5.73 Å². The first-order chi connectivity index (χ1) is 6.69. The lowest BCUT2D eigenvalue weighted by molar-refractivity contribution is -0.142. The molecule has 0 saturated carbocycles. The van der Waals surface area contributed by atoms with E-state index in [0.29, 0.717) is 11.3 Å². The average molecular weight is 195 g/mol. The Balaban J connectivity index is 2.89. The highest BCUT2D eigenvalue weighted by atomic mass is 16.5. The molecule has 0 bridgehead atoms. The Kier molecular flexibility index (Phi) is 3.48. The zero-order valence-corrected chi connectivity index (χ0v) is 8.19. The van der Waals surface area contributed by atoms with Crippen molar-refractivity contribution in [2.45, 2.75) is 6.04 Å². The first-order valence-corrected chi connectivity index (χ1v) is 4.16. The summed E-state index contributed by atoms with van der Waals surface area (Å²) in [6.07, 6.45) is 0. The van der Waals surface area contributed by atoms with E-state index in [9.17, 15) is 4.79 Å². The Morgan fingerprint density at radius 1 is 1.43 bits per heavy atom. The first kappa shape index (κ1) is 10.5. The van der Waals surface area contributed by atoms with Gasteiger partial charge in [0.2, 0.25) is 0 Å². The lowest BCUT2D eigenvalue weighted by atomic mass is 10.1. The summed E-state index contributed by atoms with van der Waals surface area (Å²) in [5.74, 6) is 0.208. The minimum Gasteiger partial charge on any atom is -0.497 e. The zero-order valence-electron chi connectivity index (χ0n) is 8.19. The molecule has 0 unspecified atom stereocenters. The van der Waals surface area contributed by atoms with E-state index in [2.05, 4.69) is 4.74 Å². The number of nitrogens with two attached hydrogens (primary N) is 1. The SMILES string of the molecule is COC(=O)[C@@H](N)c1cccc(OC)c1. The highest BCUT2D eigenvalue weighted by molar-refractivity contribution is 5.77. The predicted molar refractivity (Wildman–Crippen MR) is 51.9 cm³/mol. The third-order valence-electron chi connectivity index (χ3n) is 1.91. The van der Waals surface area contributed by atoms with Crippen LogP contribution in [-0.2, 0) is 9.53 Å². The number of esters is 1. The number of carbonyl (C=O) groups is 1. The van der Waals surface area contributed by atoms with E-state index in [1.54, 1.807) is 31.4 Å². The summed E-state index contributed by atoms with van der Waals surface area (Å²) in [6, 6.07) is 6.27. The van der Waals surface area contributed by atoms with Crippen LogP contribution < -0.4 is 10.5 Å². The third kappa shape index (κ3) is 2.23.